The SMILES string of the molecule is CCc1ccc(S(=O)(=O)ON=C2C=CC(=O)C=C2)cc1. The van der Waals surface area contributed by atoms with Crippen LogP contribution in [0.15, 0.2) is 58.6 Å². The number of ketones is 1. The summed E-state index contributed by atoms with van der Waals surface area (Å²) in [7, 11) is -3.94. The molecule has 0 aliphatic heterocycles. The Morgan fingerprint density at radius 3 is 2.20 bits per heavy atom. The Morgan fingerprint density at radius 1 is 1.05 bits per heavy atom. The molecule has 20 heavy (non-hydrogen) atoms. The molecule has 2 rings (SSSR count). The van der Waals surface area contributed by atoms with Crippen LogP contribution in [0.5, 0.6) is 0 Å². The zero-order valence-electron chi connectivity index (χ0n) is 10.8. The quantitative estimate of drug-likeness (QED) is 0.628. The van der Waals surface area contributed by atoms with Crippen LogP contribution in [-0.4, -0.2) is 19.9 Å². The second-order valence-electron chi connectivity index (χ2n) is 4.11. The van der Waals surface area contributed by atoms with E-state index in [0.717, 1.165) is 12.0 Å². The highest BCUT2D eigenvalue weighted by atomic mass is 32.2. The minimum absolute atomic E-state index is 0.0406. The van der Waals surface area contributed by atoms with Crippen LogP contribution in [0, 0.1) is 0 Å². The van der Waals surface area contributed by atoms with Crippen LogP contribution >= 0.6 is 0 Å². The van der Waals surface area contributed by atoms with E-state index < -0.39 is 10.1 Å². The average molecular weight is 291 g/mol. The van der Waals surface area contributed by atoms with Crippen LogP contribution in [0.1, 0.15) is 12.5 Å². The van der Waals surface area contributed by atoms with E-state index in [1.54, 1.807) is 12.1 Å². The zero-order valence-corrected chi connectivity index (χ0v) is 11.6. The van der Waals surface area contributed by atoms with Crippen molar-refractivity contribution in [3.63, 3.8) is 0 Å². The van der Waals surface area contributed by atoms with E-state index in [1.807, 2.05) is 6.92 Å². The van der Waals surface area contributed by atoms with Crippen LogP contribution in [0.3, 0.4) is 0 Å². The van der Waals surface area contributed by atoms with E-state index in [-0.39, 0.29) is 16.4 Å². The highest BCUT2D eigenvalue weighted by Gasteiger charge is 2.15. The Hall–Kier alpha value is -2.21. The molecule has 0 amide bonds. The third kappa shape index (κ3) is 3.42. The van der Waals surface area contributed by atoms with Gasteiger partial charge in [-0.3, -0.25) is 9.08 Å². The highest BCUT2D eigenvalue weighted by molar-refractivity contribution is 7.86. The van der Waals surface area contributed by atoms with Gasteiger partial charge in [-0.15, -0.1) is 0 Å². The van der Waals surface area contributed by atoms with Crippen LogP contribution in [-0.2, 0) is 25.6 Å². The molecule has 0 radical (unpaired) electrons. The van der Waals surface area contributed by atoms with Gasteiger partial charge in [-0.05, 0) is 48.4 Å². The fourth-order valence-electron chi connectivity index (χ4n) is 1.53. The fourth-order valence-corrected chi connectivity index (χ4v) is 2.27. The molecule has 1 aliphatic carbocycles. The number of hydrogen-bond acceptors (Lipinski definition) is 5. The van der Waals surface area contributed by atoms with E-state index in [1.165, 1.54) is 36.4 Å². The van der Waals surface area contributed by atoms with Crippen molar-refractivity contribution in [2.24, 2.45) is 5.16 Å². The standard InChI is InChI=1S/C14H13NO4S/c1-2-11-3-9-14(10-4-11)20(17,18)19-15-12-5-7-13(16)8-6-12/h3-10H,2H2,1H3. The highest BCUT2D eigenvalue weighted by Crippen LogP contribution is 2.14. The van der Waals surface area contributed by atoms with Crippen molar-refractivity contribution in [1.29, 1.82) is 0 Å². The number of nitrogens with zero attached hydrogens (tertiary/aromatic N) is 1. The number of oxime groups is 1. The Morgan fingerprint density at radius 2 is 1.65 bits per heavy atom. The minimum atomic E-state index is -3.94. The van der Waals surface area contributed by atoms with Gasteiger partial charge in [0, 0.05) is 0 Å². The maximum Gasteiger partial charge on any atom is 0.358 e. The number of rotatable bonds is 4. The van der Waals surface area contributed by atoms with Gasteiger partial charge < -0.3 is 0 Å². The van der Waals surface area contributed by atoms with Crippen molar-refractivity contribution in [2.75, 3.05) is 0 Å². The first-order valence-electron chi connectivity index (χ1n) is 6.02. The van der Waals surface area contributed by atoms with Gasteiger partial charge in [0.15, 0.2) is 5.78 Å². The first kappa shape index (κ1) is 14.2. The second-order valence-corrected chi connectivity index (χ2v) is 5.64. The topological polar surface area (TPSA) is 72.8 Å². The molecule has 0 saturated carbocycles. The summed E-state index contributed by atoms with van der Waals surface area (Å²) < 4.78 is 28.4. The summed E-state index contributed by atoms with van der Waals surface area (Å²) in [5.41, 5.74) is 1.30. The molecule has 1 aromatic rings. The van der Waals surface area contributed by atoms with Gasteiger partial charge in [0.05, 0.1) is 0 Å². The first-order valence-corrected chi connectivity index (χ1v) is 7.43. The van der Waals surface area contributed by atoms with Gasteiger partial charge in [-0.1, -0.05) is 24.2 Å². The van der Waals surface area contributed by atoms with E-state index in [4.69, 9.17) is 0 Å². The van der Waals surface area contributed by atoms with Crippen LogP contribution in [0.4, 0.5) is 0 Å². The average Bonchev–Trinajstić information content (AvgIpc) is 2.47. The van der Waals surface area contributed by atoms with E-state index in [0.29, 0.717) is 0 Å². The molecule has 1 aliphatic rings. The molecule has 0 spiro atoms. The molecule has 0 aromatic heterocycles. The van der Waals surface area contributed by atoms with Crippen molar-refractivity contribution < 1.29 is 17.5 Å². The maximum atomic E-state index is 11.9. The molecule has 0 bridgehead atoms. The molecular weight excluding hydrogens is 278 g/mol. The monoisotopic (exact) mass is 291 g/mol. The summed E-state index contributed by atoms with van der Waals surface area (Å²) in [4.78, 5) is 10.9. The molecule has 5 nitrogen and oxygen atoms in total. The van der Waals surface area contributed by atoms with Gasteiger partial charge in [0.2, 0.25) is 0 Å². The summed E-state index contributed by atoms with van der Waals surface area (Å²) >= 11 is 0. The molecule has 0 heterocycles. The summed E-state index contributed by atoms with van der Waals surface area (Å²) in [5.74, 6) is -0.179. The van der Waals surface area contributed by atoms with E-state index in [9.17, 15) is 13.2 Å². The normalized spacial score (nSPS) is 14.4. The number of carbonyl (C=O) groups excluding carboxylic acids is 1. The van der Waals surface area contributed by atoms with Crippen molar-refractivity contribution in [1.82, 2.24) is 0 Å². The summed E-state index contributed by atoms with van der Waals surface area (Å²) in [6.45, 7) is 1.98. The summed E-state index contributed by atoms with van der Waals surface area (Å²) in [6, 6.07) is 6.40. The smallest absolute Gasteiger partial charge is 0.290 e. The first-order chi connectivity index (χ1) is 9.51. The van der Waals surface area contributed by atoms with Crippen LogP contribution in [0.25, 0.3) is 0 Å². The number of hydrogen-bond donors (Lipinski definition) is 0. The van der Waals surface area contributed by atoms with Gasteiger partial charge in [-0.25, -0.2) is 0 Å². The minimum Gasteiger partial charge on any atom is -0.290 e. The van der Waals surface area contributed by atoms with Crippen LogP contribution < -0.4 is 0 Å². The molecular formula is C14H13NO4S. The Balaban J connectivity index is 2.15. The molecule has 1 aromatic carbocycles. The van der Waals surface area contributed by atoms with Crippen LogP contribution in [0.2, 0.25) is 0 Å². The zero-order chi connectivity index (χ0) is 14.6. The molecule has 0 unspecified atom stereocenters. The Labute approximate surface area is 117 Å². The summed E-state index contributed by atoms with van der Waals surface area (Å²) in [6.07, 6.45) is 6.17. The molecule has 0 atom stereocenters. The van der Waals surface area contributed by atoms with Gasteiger partial charge in [-0.2, -0.15) is 8.42 Å². The number of aryl methyl sites for hydroxylation is 1. The van der Waals surface area contributed by atoms with E-state index >= 15 is 0 Å². The largest absolute Gasteiger partial charge is 0.358 e. The maximum absolute atomic E-state index is 11.9. The van der Waals surface area contributed by atoms with Gasteiger partial charge in [0.25, 0.3) is 0 Å². The molecule has 0 fully saturated rings. The van der Waals surface area contributed by atoms with Crippen molar-refractivity contribution >= 4 is 21.6 Å². The second kappa shape index (κ2) is 5.83. The molecule has 104 valence electrons. The third-order valence-electron chi connectivity index (χ3n) is 2.70. The third-order valence-corrected chi connectivity index (χ3v) is 3.82. The molecule has 0 N–H and O–H groups in total. The number of allylic oxidation sites excluding steroid dienone is 4. The van der Waals surface area contributed by atoms with Gasteiger partial charge in [0.1, 0.15) is 10.6 Å². The number of carbonyl (C=O) groups is 1. The molecule has 0 saturated heterocycles. The van der Waals surface area contributed by atoms with Gasteiger partial charge >= 0.3 is 10.1 Å². The molecule has 6 heteroatoms. The predicted octanol–water partition coefficient (Wildman–Crippen LogP) is 2.01. The van der Waals surface area contributed by atoms with Crippen molar-refractivity contribution in [3.8, 4) is 0 Å². The van der Waals surface area contributed by atoms with Crippen molar-refractivity contribution in [2.45, 2.75) is 18.2 Å². The Kier molecular flexibility index (Phi) is 4.14. The summed E-state index contributed by atoms with van der Waals surface area (Å²) in [5, 5.41) is 3.51. The number of benzene rings is 1. The lowest BCUT2D eigenvalue weighted by Crippen LogP contribution is -2.06. The van der Waals surface area contributed by atoms with E-state index in [2.05, 4.69) is 9.44 Å². The van der Waals surface area contributed by atoms with Crippen molar-refractivity contribution in [3.05, 3.63) is 54.1 Å². The fraction of sp³-hybridized carbons (Fsp3) is 0.143. The lowest BCUT2D eigenvalue weighted by atomic mass is 10.2. The lowest BCUT2D eigenvalue weighted by Gasteiger charge is -2.04. The predicted molar refractivity (Wildman–Crippen MR) is 74.8 cm³/mol. The lowest BCUT2D eigenvalue weighted by molar-refractivity contribution is -0.110. The Bertz CT molecular complexity index is 679.